The van der Waals surface area contributed by atoms with Crippen molar-refractivity contribution in [3.05, 3.63) is 38.3 Å². The highest BCUT2D eigenvalue weighted by Gasteiger charge is 2.38. The molecule has 0 N–H and O–H groups in total. The summed E-state index contributed by atoms with van der Waals surface area (Å²) in [5, 5.41) is 10.8. The first-order valence-corrected chi connectivity index (χ1v) is 7.34. The Hall–Kier alpha value is -0.880. The first-order chi connectivity index (χ1) is 8.42. The van der Waals surface area contributed by atoms with Gasteiger partial charge in [0.15, 0.2) is 5.78 Å². The van der Waals surface area contributed by atoms with Crippen LogP contribution in [0.3, 0.4) is 0 Å². The monoisotopic (exact) mass is 329 g/mol. The summed E-state index contributed by atoms with van der Waals surface area (Å²) in [6.45, 7) is 1.92. The van der Waals surface area contributed by atoms with Crippen LogP contribution in [-0.2, 0) is 0 Å². The summed E-state index contributed by atoms with van der Waals surface area (Å²) in [6.07, 6.45) is 1.85. The topological polar surface area (TPSA) is 60.2 Å². The van der Waals surface area contributed by atoms with Crippen molar-refractivity contribution in [1.29, 1.82) is 0 Å². The van der Waals surface area contributed by atoms with Gasteiger partial charge < -0.3 is 0 Å². The highest BCUT2D eigenvalue weighted by molar-refractivity contribution is 9.10. The van der Waals surface area contributed by atoms with Gasteiger partial charge in [-0.15, -0.1) is 11.8 Å². The van der Waals surface area contributed by atoms with E-state index in [0.717, 1.165) is 18.6 Å². The molecule has 1 heterocycles. The predicted octanol–water partition coefficient (Wildman–Crippen LogP) is 3.83. The molecule has 0 bridgehead atoms. The summed E-state index contributed by atoms with van der Waals surface area (Å²) >= 11 is 4.85. The van der Waals surface area contributed by atoms with Gasteiger partial charge >= 0.3 is 0 Å². The lowest BCUT2D eigenvalue weighted by Gasteiger charge is -2.20. The zero-order valence-electron chi connectivity index (χ0n) is 9.81. The van der Waals surface area contributed by atoms with E-state index in [1.807, 2.05) is 6.92 Å². The fourth-order valence-corrected chi connectivity index (χ4v) is 3.83. The number of thioether (sulfide) groups is 1. The number of nitrogens with zero attached hydrogens (tertiary/aromatic N) is 1. The van der Waals surface area contributed by atoms with Gasteiger partial charge in [-0.3, -0.25) is 14.9 Å². The number of carbonyl (C=O) groups is 1. The van der Waals surface area contributed by atoms with E-state index < -0.39 is 9.67 Å². The van der Waals surface area contributed by atoms with Crippen LogP contribution in [0.4, 0.5) is 5.69 Å². The Balaban J connectivity index is 2.38. The molecule has 1 atom stereocenters. The minimum atomic E-state index is -0.480. The van der Waals surface area contributed by atoms with E-state index in [0.29, 0.717) is 10.0 Å². The first-order valence-electron chi connectivity index (χ1n) is 5.56. The summed E-state index contributed by atoms with van der Waals surface area (Å²) in [7, 11) is 0. The van der Waals surface area contributed by atoms with Crippen molar-refractivity contribution >= 4 is 39.2 Å². The van der Waals surface area contributed by atoms with Gasteiger partial charge in [0.2, 0.25) is 0 Å². The van der Waals surface area contributed by atoms with Gasteiger partial charge in [-0.05, 0) is 31.6 Å². The normalized spacial score (nSPS) is 23.0. The average Bonchev–Trinajstić information content (AvgIpc) is 2.75. The van der Waals surface area contributed by atoms with Gasteiger partial charge in [0, 0.05) is 22.2 Å². The minimum absolute atomic E-state index is 0.0191. The fraction of sp³-hybridized carbons (Fsp3) is 0.417. The lowest BCUT2D eigenvalue weighted by atomic mass is 9.94. The van der Waals surface area contributed by atoms with Crippen LogP contribution in [0.25, 0.3) is 0 Å². The van der Waals surface area contributed by atoms with Crippen LogP contribution in [0.2, 0.25) is 0 Å². The number of nitro benzene ring substituents is 1. The SMILES string of the molecule is CC1(C(=O)c2cc(Br)cc([N+](=O)[O-])c2)CCCS1. The largest absolute Gasteiger partial charge is 0.293 e. The summed E-state index contributed by atoms with van der Waals surface area (Å²) in [6, 6.07) is 4.41. The summed E-state index contributed by atoms with van der Waals surface area (Å²) in [5.74, 6) is 0.951. The van der Waals surface area contributed by atoms with E-state index in [9.17, 15) is 14.9 Å². The predicted molar refractivity (Wildman–Crippen MR) is 75.2 cm³/mol. The number of hydrogen-bond donors (Lipinski definition) is 0. The molecule has 2 rings (SSSR count). The highest BCUT2D eigenvalue weighted by atomic mass is 79.9. The van der Waals surface area contributed by atoms with Crippen molar-refractivity contribution in [1.82, 2.24) is 0 Å². The second-order valence-electron chi connectivity index (χ2n) is 4.47. The van der Waals surface area contributed by atoms with Crippen molar-refractivity contribution in [2.24, 2.45) is 0 Å². The third-order valence-corrected chi connectivity index (χ3v) is 5.03. The quantitative estimate of drug-likeness (QED) is 0.480. The van der Waals surface area contributed by atoms with Gasteiger partial charge in [0.1, 0.15) is 0 Å². The Bertz CT molecular complexity index is 512. The van der Waals surface area contributed by atoms with Crippen LogP contribution in [0, 0.1) is 10.1 Å². The Labute approximate surface area is 117 Å². The van der Waals surface area contributed by atoms with Crippen molar-refractivity contribution in [3.8, 4) is 0 Å². The molecule has 6 heteroatoms. The number of hydrogen-bond acceptors (Lipinski definition) is 4. The second-order valence-corrected chi connectivity index (χ2v) is 6.98. The molecule has 1 aromatic carbocycles. The van der Waals surface area contributed by atoms with Crippen molar-refractivity contribution in [3.63, 3.8) is 0 Å². The molecule has 1 aliphatic rings. The highest BCUT2D eigenvalue weighted by Crippen LogP contribution is 2.40. The van der Waals surface area contributed by atoms with E-state index in [4.69, 9.17) is 0 Å². The van der Waals surface area contributed by atoms with Crippen molar-refractivity contribution < 1.29 is 9.72 Å². The zero-order chi connectivity index (χ0) is 13.3. The van der Waals surface area contributed by atoms with Crippen LogP contribution < -0.4 is 0 Å². The molecule has 0 aromatic heterocycles. The molecule has 1 saturated heterocycles. The lowest BCUT2D eigenvalue weighted by molar-refractivity contribution is -0.385. The van der Waals surface area contributed by atoms with Crippen molar-refractivity contribution in [2.75, 3.05) is 5.75 Å². The van der Waals surface area contributed by atoms with E-state index in [2.05, 4.69) is 15.9 Å². The Kier molecular flexibility index (Phi) is 3.77. The number of non-ortho nitro benzene ring substituents is 1. The molecule has 1 aliphatic heterocycles. The van der Waals surface area contributed by atoms with Gasteiger partial charge in [-0.2, -0.15) is 0 Å². The summed E-state index contributed by atoms with van der Waals surface area (Å²) in [4.78, 5) is 22.7. The zero-order valence-corrected chi connectivity index (χ0v) is 12.2. The number of benzene rings is 1. The second kappa shape index (κ2) is 5.01. The Morgan fingerprint density at radius 2 is 2.22 bits per heavy atom. The molecule has 0 radical (unpaired) electrons. The maximum Gasteiger partial charge on any atom is 0.271 e. The van der Waals surface area contributed by atoms with Gasteiger partial charge in [-0.1, -0.05) is 15.9 Å². The van der Waals surface area contributed by atoms with Gasteiger partial charge in [0.25, 0.3) is 5.69 Å². The standard InChI is InChI=1S/C12H12BrNO3S/c1-12(3-2-4-18-12)11(15)8-5-9(13)7-10(6-8)14(16)17/h5-7H,2-4H2,1H3. The van der Waals surface area contributed by atoms with Crippen LogP contribution in [0.1, 0.15) is 30.1 Å². The molecular weight excluding hydrogens is 318 g/mol. The third-order valence-electron chi connectivity index (χ3n) is 3.05. The van der Waals surface area contributed by atoms with E-state index in [1.54, 1.807) is 17.8 Å². The molecule has 4 nitrogen and oxygen atoms in total. The number of carbonyl (C=O) groups excluding carboxylic acids is 1. The molecule has 1 unspecified atom stereocenters. The fourth-order valence-electron chi connectivity index (χ4n) is 2.07. The molecule has 1 aromatic rings. The van der Waals surface area contributed by atoms with Crippen LogP contribution >= 0.6 is 27.7 Å². The first kappa shape index (κ1) is 13.5. The van der Waals surface area contributed by atoms with E-state index in [-0.39, 0.29) is 11.5 Å². The third kappa shape index (κ3) is 2.59. The molecule has 96 valence electrons. The van der Waals surface area contributed by atoms with Crippen molar-refractivity contribution in [2.45, 2.75) is 24.5 Å². The molecule has 1 fully saturated rings. The maximum absolute atomic E-state index is 12.4. The number of nitro groups is 1. The molecule has 0 amide bonds. The lowest BCUT2D eigenvalue weighted by Crippen LogP contribution is -2.28. The summed E-state index contributed by atoms with van der Waals surface area (Å²) < 4.78 is 0.126. The van der Waals surface area contributed by atoms with Crippen LogP contribution in [0.5, 0.6) is 0 Å². The molecule has 0 spiro atoms. The molecule has 18 heavy (non-hydrogen) atoms. The minimum Gasteiger partial charge on any atom is -0.293 e. The van der Waals surface area contributed by atoms with E-state index in [1.165, 1.54) is 12.1 Å². The van der Waals surface area contributed by atoms with Gasteiger partial charge in [0.05, 0.1) is 9.67 Å². The summed E-state index contributed by atoms with van der Waals surface area (Å²) in [5.41, 5.74) is 0.354. The molecule has 0 aliphatic carbocycles. The number of halogens is 1. The van der Waals surface area contributed by atoms with E-state index >= 15 is 0 Å². The molecule has 0 saturated carbocycles. The van der Waals surface area contributed by atoms with Crippen LogP contribution in [-0.4, -0.2) is 21.2 Å². The van der Waals surface area contributed by atoms with Crippen LogP contribution in [0.15, 0.2) is 22.7 Å². The molecular formula is C12H12BrNO3S. The average molecular weight is 330 g/mol. The maximum atomic E-state index is 12.4. The number of rotatable bonds is 3. The smallest absolute Gasteiger partial charge is 0.271 e. The number of ketones is 1. The Morgan fingerprint density at radius 1 is 1.50 bits per heavy atom. The Morgan fingerprint density at radius 3 is 2.78 bits per heavy atom. The van der Waals surface area contributed by atoms with Gasteiger partial charge in [-0.25, -0.2) is 0 Å². The number of Topliss-reactive ketones (excluding diaryl/α,β-unsaturated/α-hetero) is 1.